The lowest BCUT2D eigenvalue weighted by Gasteiger charge is -2.41. The molecule has 4 aliphatic rings. The molecule has 4 fully saturated rings. The van der Waals surface area contributed by atoms with Crippen molar-refractivity contribution in [1.29, 1.82) is 0 Å². The number of piperidine rings is 3. The minimum atomic E-state index is 0.185. The van der Waals surface area contributed by atoms with E-state index in [1.165, 1.54) is 76.6 Å². The highest BCUT2D eigenvalue weighted by atomic mass is 16.2. The topological polar surface area (TPSA) is 30.0 Å². The molecule has 0 aromatic heterocycles. The highest BCUT2D eigenvalue weighted by Gasteiger charge is 2.30. The molecule has 1 aromatic carbocycles. The molecule has 5 nitrogen and oxygen atoms in total. The number of carbonyl (C=O) groups is 1. The maximum atomic E-state index is 13.2. The molecule has 3 saturated heterocycles. The van der Waals surface area contributed by atoms with Gasteiger partial charge in [0, 0.05) is 62.6 Å². The predicted molar refractivity (Wildman–Crippen MR) is 136 cm³/mol. The van der Waals surface area contributed by atoms with Crippen LogP contribution in [0.4, 0.5) is 5.69 Å². The Labute approximate surface area is 201 Å². The number of rotatable bonds is 5. The van der Waals surface area contributed by atoms with Gasteiger partial charge in [-0.2, -0.15) is 0 Å². The summed E-state index contributed by atoms with van der Waals surface area (Å²) in [6.45, 7) is 7.17. The molecule has 1 aromatic rings. The molecule has 1 saturated carbocycles. The van der Waals surface area contributed by atoms with E-state index in [2.05, 4.69) is 39.0 Å². The average Bonchev–Trinajstić information content (AvgIpc) is 3.44. The first kappa shape index (κ1) is 23.2. The van der Waals surface area contributed by atoms with Crippen LogP contribution in [-0.2, 0) is 0 Å². The zero-order chi connectivity index (χ0) is 22.6. The van der Waals surface area contributed by atoms with Crippen molar-refractivity contribution in [2.24, 2.45) is 0 Å². The summed E-state index contributed by atoms with van der Waals surface area (Å²) < 4.78 is 0. The van der Waals surface area contributed by atoms with E-state index in [9.17, 15) is 4.79 Å². The molecule has 3 heterocycles. The van der Waals surface area contributed by atoms with E-state index < -0.39 is 0 Å². The van der Waals surface area contributed by atoms with Gasteiger partial charge < -0.3 is 19.6 Å². The summed E-state index contributed by atoms with van der Waals surface area (Å²) in [6, 6.07) is 10.4. The van der Waals surface area contributed by atoms with E-state index in [-0.39, 0.29) is 5.91 Å². The van der Waals surface area contributed by atoms with Crippen molar-refractivity contribution >= 4 is 11.6 Å². The number of carbonyl (C=O) groups excluding carboxylic acids is 1. The Morgan fingerprint density at radius 3 is 1.91 bits per heavy atom. The molecular formula is C28H44N4O. The minimum Gasteiger partial charge on any atom is -0.371 e. The third-order valence-electron chi connectivity index (χ3n) is 9.06. The summed E-state index contributed by atoms with van der Waals surface area (Å²) in [5, 5.41) is 0. The van der Waals surface area contributed by atoms with Gasteiger partial charge in [-0.05, 0) is 88.7 Å². The summed E-state index contributed by atoms with van der Waals surface area (Å²) in [5.41, 5.74) is 2.11. The molecular weight excluding hydrogens is 408 g/mol. The molecule has 0 N–H and O–H groups in total. The van der Waals surface area contributed by atoms with E-state index in [0.29, 0.717) is 6.04 Å². The minimum absolute atomic E-state index is 0.185. The highest BCUT2D eigenvalue weighted by molar-refractivity contribution is 5.94. The third-order valence-corrected chi connectivity index (χ3v) is 9.06. The zero-order valence-corrected chi connectivity index (χ0v) is 20.8. The Hall–Kier alpha value is -1.59. The molecule has 182 valence electrons. The summed E-state index contributed by atoms with van der Waals surface area (Å²) in [7, 11) is 2.01. The van der Waals surface area contributed by atoms with Crippen LogP contribution in [0.1, 0.15) is 81.0 Å². The molecule has 5 heteroatoms. The Balaban J connectivity index is 1.11. The molecule has 0 unspecified atom stereocenters. The van der Waals surface area contributed by atoms with Crippen molar-refractivity contribution in [2.45, 2.75) is 88.8 Å². The van der Waals surface area contributed by atoms with Crippen LogP contribution >= 0.6 is 0 Å². The lowest BCUT2D eigenvalue weighted by Crippen LogP contribution is -2.48. The molecule has 1 aliphatic carbocycles. The second-order valence-corrected chi connectivity index (χ2v) is 11.0. The van der Waals surface area contributed by atoms with E-state index in [1.54, 1.807) is 0 Å². The average molecular weight is 453 g/mol. The van der Waals surface area contributed by atoms with Crippen LogP contribution in [0.15, 0.2) is 24.3 Å². The van der Waals surface area contributed by atoms with Gasteiger partial charge in [-0.3, -0.25) is 4.79 Å². The van der Waals surface area contributed by atoms with E-state index in [1.807, 2.05) is 11.9 Å². The summed E-state index contributed by atoms with van der Waals surface area (Å²) in [6.07, 6.45) is 14.5. The van der Waals surface area contributed by atoms with Gasteiger partial charge in [-0.15, -0.1) is 0 Å². The Morgan fingerprint density at radius 2 is 1.27 bits per heavy atom. The standard InChI is InChI=1S/C28H44N4O/c1-29(24-13-19-31(20-14-24)25-7-3-4-8-25)28(33)23-9-11-26(12-10-23)32-21-15-27(16-22-32)30-17-5-2-6-18-30/h9-12,24-25,27H,2-8,13-22H2,1H3. The fourth-order valence-electron chi connectivity index (χ4n) is 6.86. The normalized spacial score (nSPS) is 24.9. The fourth-order valence-corrected chi connectivity index (χ4v) is 6.86. The Kier molecular flexibility index (Phi) is 7.56. The second kappa shape index (κ2) is 10.8. The molecule has 3 aliphatic heterocycles. The van der Waals surface area contributed by atoms with Crippen molar-refractivity contribution in [3.63, 3.8) is 0 Å². The molecule has 1 amide bonds. The van der Waals surface area contributed by atoms with Crippen molar-refractivity contribution in [2.75, 3.05) is 51.2 Å². The van der Waals surface area contributed by atoms with Crippen molar-refractivity contribution < 1.29 is 4.79 Å². The van der Waals surface area contributed by atoms with E-state index in [4.69, 9.17) is 0 Å². The number of anilines is 1. The lowest BCUT2D eigenvalue weighted by molar-refractivity contribution is 0.0598. The fraction of sp³-hybridized carbons (Fsp3) is 0.750. The first-order valence-corrected chi connectivity index (χ1v) is 13.8. The number of benzene rings is 1. The van der Waals surface area contributed by atoms with Gasteiger partial charge in [0.15, 0.2) is 0 Å². The van der Waals surface area contributed by atoms with E-state index in [0.717, 1.165) is 56.7 Å². The van der Waals surface area contributed by atoms with Gasteiger partial charge in [-0.25, -0.2) is 0 Å². The van der Waals surface area contributed by atoms with Crippen LogP contribution in [0.25, 0.3) is 0 Å². The van der Waals surface area contributed by atoms with Gasteiger partial charge in [0.2, 0.25) is 0 Å². The number of hydrogen-bond donors (Lipinski definition) is 0. The maximum Gasteiger partial charge on any atom is 0.253 e. The van der Waals surface area contributed by atoms with Crippen LogP contribution < -0.4 is 4.90 Å². The summed E-state index contributed by atoms with van der Waals surface area (Å²) in [5.74, 6) is 0.185. The Morgan fingerprint density at radius 1 is 0.697 bits per heavy atom. The van der Waals surface area contributed by atoms with Crippen LogP contribution in [0.3, 0.4) is 0 Å². The SMILES string of the molecule is CN(C(=O)c1ccc(N2CCC(N3CCCCC3)CC2)cc1)C1CCN(C2CCCC2)CC1. The van der Waals surface area contributed by atoms with Crippen LogP contribution in [-0.4, -0.2) is 85.0 Å². The maximum absolute atomic E-state index is 13.2. The predicted octanol–water partition coefficient (Wildman–Crippen LogP) is 4.62. The number of nitrogens with zero attached hydrogens (tertiary/aromatic N) is 4. The van der Waals surface area contributed by atoms with Crippen molar-refractivity contribution in [3.05, 3.63) is 29.8 Å². The Bertz CT molecular complexity index is 753. The second-order valence-electron chi connectivity index (χ2n) is 11.0. The van der Waals surface area contributed by atoms with Gasteiger partial charge in [0.25, 0.3) is 5.91 Å². The molecule has 0 radical (unpaired) electrons. The molecule has 0 bridgehead atoms. The van der Waals surface area contributed by atoms with E-state index >= 15 is 0 Å². The monoisotopic (exact) mass is 452 g/mol. The van der Waals surface area contributed by atoms with Crippen LogP contribution in [0.5, 0.6) is 0 Å². The van der Waals surface area contributed by atoms with Crippen molar-refractivity contribution in [3.8, 4) is 0 Å². The summed E-state index contributed by atoms with van der Waals surface area (Å²) >= 11 is 0. The first-order chi connectivity index (χ1) is 16.2. The molecule has 0 atom stereocenters. The molecule has 0 spiro atoms. The number of likely N-dealkylation sites (tertiary alicyclic amines) is 2. The lowest BCUT2D eigenvalue weighted by atomic mass is 9.99. The van der Waals surface area contributed by atoms with Gasteiger partial charge in [0.1, 0.15) is 0 Å². The highest BCUT2D eigenvalue weighted by Crippen LogP contribution is 2.28. The first-order valence-electron chi connectivity index (χ1n) is 13.8. The van der Waals surface area contributed by atoms with Crippen LogP contribution in [0.2, 0.25) is 0 Å². The van der Waals surface area contributed by atoms with Gasteiger partial charge >= 0.3 is 0 Å². The third kappa shape index (κ3) is 5.40. The summed E-state index contributed by atoms with van der Waals surface area (Å²) in [4.78, 5) is 23.1. The number of hydrogen-bond acceptors (Lipinski definition) is 4. The van der Waals surface area contributed by atoms with Gasteiger partial charge in [0.05, 0.1) is 0 Å². The quantitative estimate of drug-likeness (QED) is 0.652. The van der Waals surface area contributed by atoms with Gasteiger partial charge in [-0.1, -0.05) is 19.3 Å². The largest absolute Gasteiger partial charge is 0.371 e. The molecule has 33 heavy (non-hydrogen) atoms. The zero-order valence-electron chi connectivity index (χ0n) is 20.8. The number of amides is 1. The smallest absolute Gasteiger partial charge is 0.253 e. The van der Waals surface area contributed by atoms with Crippen LogP contribution in [0, 0.1) is 0 Å². The van der Waals surface area contributed by atoms with Crippen molar-refractivity contribution in [1.82, 2.24) is 14.7 Å². The molecule has 5 rings (SSSR count).